The van der Waals surface area contributed by atoms with Gasteiger partial charge in [-0.15, -0.1) is 0 Å². The van der Waals surface area contributed by atoms with E-state index in [1.807, 2.05) is 18.9 Å². The minimum atomic E-state index is -0.921. The van der Waals surface area contributed by atoms with E-state index in [2.05, 4.69) is 11.8 Å². The van der Waals surface area contributed by atoms with Crippen molar-refractivity contribution in [1.82, 2.24) is 9.47 Å². The zero-order valence-corrected chi connectivity index (χ0v) is 21.9. The smallest absolute Gasteiger partial charge is 0.346 e. The predicted molar refractivity (Wildman–Crippen MR) is 138 cm³/mol. The monoisotopic (exact) mass is 517 g/mol. The molecule has 0 amide bonds. The van der Waals surface area contributed by atoms with Gasteiger partial charge >= 0.3 is 11.9 Å². The summed E-state index contributed by atoms with van der Waals surface area (Å²) in [5, 5.41) is 0.0513. The number of ether oxygens (including phenoxy) is 3. The maximum absolute atomic E-state index is 15.4. The lowest BCUT2D eigenvalue weighted by atomic mass is 10.1. The lowest BCUT2D eigenvalue weighted by Crippen LogP contribution is -2.45. The van der Waals surface area contributed by atoms with Gasteiger partial charge in [-0.05, 0) is 26.5 Å². The fourth-order valence-electron chi connectivity index (χ4n) is 4.85. The molecule has 1 aromatic heterocycles. The normalized spacial score (nSPS) is 17.5. The van der Waals surface area contributed by atoms with Crippen molar-refractivity contribution >= 4 is 28.5 Å². The minimum absolute atomic E-state index is 0.0513. The molecular formula is C27H36FN3O6. The lowest BCUT2D eigenvalue weighted by molar-refractivity contribution is -0.152. The molecule has 0 bridgehead atoms. The minimum Gasteiger partial charge on any atom is -0.487 e. The van der Waals surface area contributed by atoms with E-state index < -0.39 is 30.0 Å². The second kappa shape index (κ2) is 11.9. The van der Waals surface area contributed by atoms with Crippen molar-refractivity contribution in [2.24, 2.45) is 0 Å². The van der Waals surface area contributed by atoms with Crippen LogP contribution in [0.4, 0.5) is 10.1 Å². The highest BCUT2D eigenvalue weighted by molar-refractivity contribution is 5.98. The molecule has 9 nitrogen and oxygen atoms in total. The third kappa shape index (κ3) is 5.89. The number of likely N-dealkylation sites (N-methyl/N-ethyl adjacent to an activating group) is 1. The van der Waals surface area contributed by atoms with Crippen LogP contribution in [0.3, 0.4) is 0 Å². The van der Waals surface area contributed by atoms with Crippen LogP contribution in [-0.2, 0) is 14.3 Å². The quantitative estimate of drug-likeness (QED) is 0.267. The first-order valence-corrected chi connectivity index (χ1v) is 13.1. The van der Waals surface area contributed by atoms with Crippen molar-refractivity contribution in [3.8, 4) is 5.75 Å². The van der Waals surface area contributed by atoms with E-state index in [-0.39, 0.29) is 30.0 Å². The Morgan fingerprint density at radius 2 is 1.84 bits per heavy atom. The number of esters is 2. The number of hydrogen-bond acceptors (Lipinski definition) is 8. The number of rotatable bonds is 10. The molecule has 0 saturated carbocycles. The number of hydrogen-bond donors (Lipinski definition) is 0. The van der Waals surface area contributed by atoms with E-state index in [9.17, 15) is 14.4 Å². The fourth-order valence-corrected chi connectivity index (χ4v) is 4.85. The first-order chi connectivity index (χ1) is 17.8. The molecule has 10 heteroatoms. The third-order valence-electron chi connectivity index (χ3n) is 7.08. The molecule has 1 atom stereocenters. The number of halogens is 1. The molecule has 0 unspecified atom stereocenters. The summed E-state index contributed by atoms with van der Waals surface area (Å²) < 4.78 is 33.3. The lowest BCUT2D eigenvalue weighted by Gasteiger charge is -2.37. The predicted octanol–water partition coefficient (Wildman–Crippen LogP) is 3.86. The van der Waals surface area contributed by atoms with Crippen LogP contribution in [0.25, 0.3) is 10.9 Å². The van der Waals surface area contributed by atoms with E-state index in [1.54, 1.807) is 4.57 Å². The molecular weight excluding hydrogens is 481 g/mol. The maximum atomic E-state index is 15.4. The Morgan fingerprint density at radius 1 is 1.11 bits per heavy atom. The summed E-state index contributed by atoms with van der Waals surface area (Å²) in [5.41, 5.74) is -0.0847. The Morgan fingerprint density at radius 3 is 2.57 bits per heavy atom. The number of anilines is 1. The zero-order chi connectivity index (χ0) is 26.5. The molecule has 1 aromatic carbocycles. The Hall–Kier alpha value is -3.14. The van der Waals surface area contributed by atoms with Crippen LogP contribution < -0.4 is 15.1 Å². The summed E-state index contributed by atoms with van der Waals surface area (Å²) in [6.45, 7) is 6.54. The van der Waals surface area contributed by atoms with Crippen molar-refractivity contribution in [1.29, 1.82) is 0 Å². The van der Waals surface area contributed by atoms with Crippen molar-refractivity contribution in [2.75, 3.05) is 51.5 Å². The van der Waals surface area contributed by atoms with E-state index >= 15 is 4.39 Å². The van der Waals surface area contributed by atoms with Gasteiger partial charge in [0.05, 0.1) is 16.9 Å². The Kier molecular flexibility index (Phi) is 8.68. The average Bonchev–Trinajstić information content (AvgIpc) is 2.87. The summed E-state index contributed by atoms with van der Waals surface area (Å²) in [7, 11) is 2.02. The summed E-state index contributed by atoms with van der Waals surface area (Å²) in [6, 6.07) is 0.987. The van der Waals surface area contributed by atoms with Crippen LogP contribution in [-0.4, -0.2) is 68.0 Å². The Bertz CT molecular complexity index is 1210. The van der Waals surface area contributed by atoms with Crippen LogP contribution in [0.15, 0.2) is 17.1 Å². The number of carbonyl (C=O) groups excluding carboxylic acids is 2. The first kappa shape index (κ1) is 26.9. The molecule has 2 aliphatic rings. The molecule has 0 radical (unpaired) electrons. The first-order valence-electron chi connectivity index (χ1n) is 13.1. The van der Waals surface area contributed by atoms with Gasteiger partial charge in [0.25, 0.3) is 0 Å². The van der Waals surface area contributed by atoms with Crippen molar-refractivity contribution in [3.05, 3.63) is 33.9 Å². The second-order valence-corrected chi connectivity index (χ2v) is 9.89. The van der Waals surface area contributed by atoms with Gasteiger partial charge in [-0.3, -0.25) is 9.59 Å². The molecule has 1 fully saturated rings. The average molecular weight is 518 g/mol. The molecule has 2 aromatic rings. The summed E-state index contributed by atoms with van der Waals surface area (Å²) in [4.78, 5) is 42.0. The molecule has 1 saturated heterocycles. The van der Waals surface area contributed by atoms with Gasteiger partial charge in [0.15, 0.2) is 11.6 Å². The van der Waals surface area contributed by atoms with Gasteiger partial charge in [0.1, 0.15) is 17.9 Å². The Balaban J connectivity index is 1.53. The number of pyridine rings is 1. The van der Waals surface area contributed by atoms with E-state index in [0.29, 0.717) is 36.5 Å². The molecule has 202 valence electrons. The third-order valence-corrected chi connectivity index (χ3v) is 7.08. The van der Waals surface area contributed by atoms with Crippen LogP contribution >= 0.6 is 0 Å². The Labute approximate surface area is 216 Å². The maximum Gasteiger partial charge on any atom is 0.346 e. The summed E-state index contributed by atoms with van der Waals surface area (Å²) in [5.74, 6) is -1.62. The van der Waals surface area contributed by atoms with E-state index in [4.69, 9.17) is 14.2 Å². The van der Waals surface area contributed by atoms with Crippen LogP contribution in [0.5, 0.6) is 5.75 Å². The summed E-state index contributed by atoms with van der Waals surface area (Å²) in [6.07, 6.45) is 6.65. The number of piperazine rings is 1. The molecule has 3 heterocycles. The molecule has 0 spiro atoms. The van der Waals surface area contributed by atoms with Crippen molar-refractivity contribution in [2.45, 2.75) is 58.4 Å². The highest BCUT2D eigenvalue weighted by atomic mass is 19.1. The number of benzene rings is 1. The topological polar surface area (TPSA) is 90.3 Å². The molecule has 4 rings (SSSR count). The highest BCUT2D eigenvalue weighted by Crippen LogP contribution is 2.42. The van der Waals surface area contributed by atoms with Gasteiger partial charge in [0, 0.05) is 38.8 Å². The van der Waals surface area contributed by atoms with Crippen LogP contribution in [0, 0.1) is 5.82 Å². The van der Waals surface area contributed by atoms with Crippen LogP contribution in [0.1, 0.15) is 68.8 Å². The summed E-state index contributed by atoms with van der Waals surface area (Å²) >= 11 is 0. The zero-order valence-electron chi connectivity index (χ0n) is 21.9. The van der Waals surface area contributed by atoms with Crippen molar-refractivity contribution in [3.63, 3.8) is 0 Å². The number of aromatic nitrogens is 1. The van der Waals surface area contributed by atoms with Gasteiger partial charge in [-0.2, -0.15) is 0 Å². The molecule has 2 aliphatic heterocycles. The number of unbranched alkanes of at least 4 members (excludes halogenated alkanes) is 4. The van der Waals surface area contributed by atoms with E-state index in [1.165, 1.54) is 12.3 Å². The molecule has 0 aliphatic carbocycles. The largest absolute Gasteiger partial charge is 0.487 e. The van der Waals surface area contributed by atoms with Crippen LogP contribution in [0.2, 0.25) is 0 Å². The van der Waals surface area contributed by atoms with Gasteiger partial charge in [0.2, 0.25) is 12.2 Å². The second-order valence-electron chi connectivity index (χ2n) is 9.89. The molecule has 0 N–H and O–H groups in total. The van der Waals surface area contributed by atoms with Gasteiger partial charge in [-0.25, -0.2) is 9.18 Å². The highest BCUT2D eigenvalue weighted by Gasteiger charge is 2.31. The van der Waals surface area contributed by atoms with Gasteiger partial charge in [-0.1, -0.05) is 32.6 Å². The van der Waals surface area contributed by atoms with Crippen molar-refractivity contribution < 1.29 is 28.2 Å². The number of nitrogens with zero attached hydrogens (tertiary/aromatic N) is 3. The molecule has 37 heavy (non-hydrogen) atoms. The standard InChI is InChI=1S/C27H36FN3O6/c1-4-5-6-7-8-9-22(32)36-17-37-27(34)20-15-31-18(2)16-35-26-23(31)19(25(20)33)14-21(28)24(26)30-12-10-29(3)11-13-30/h14-15,18H,4-13,16-17H2,1-3H3/t18-/m0/s1. The number of carbonyl (C=O) groups is 2. The SMILES string of the molecule is CCCCCCCC(=O)OCOC(=O)c1cn2c3c(c(N4CCN(C)CC4)c(F)cc3c1=O)OC[C@@H]2C. The van der Waals surface area contributed by atoms with Gasteiger partial charge < -0.3 is 28.6 Å². The fraction of sp³-hybridized carbons (Fsp3) is 0.593. The van der Waals surface area contributed by atoms with E-state index in [0.717, 1.165) is 38.8 Å².